The van der Waals surface area contributed by atoms with E-state index in [0.717, 1.165) is 51.6 Å². The molecule has 0 N–H and O–H groups in total. The van der Waals surface area contributed by atoms with Gasteiger partial charge in [-0.3, -0.25) is 0 Å². The minimum atomic E-state index is 0.193. The van der Waals surface area contributed by atoms with Crippen molar-refractivity contribution in [3.05, 3.63) is 25.0 Å². The Morgan fingerprint density at radius 1 is 0.923 bits per heavy atom. The first-order chi connectivity index (χ1) is 12.8. The molecular formula is C18H26N6O2. The number of hydrogen-bond donors (Lipinski definition) is 0. The molecule has 2 aromatic rings. The molecule has 0 atom stereocenters. The third-order valence-electron chi connectivity index (χ3n) is 5.23. The van der Waals surface area contributed by atoms with Crippen LogP contribution in [0.25, 0.3) is 5.82 Å². The Labute approximate surface area is 153 Å². The second kappa shape index (κ2) is 8.09. The molecule has 2 aliphatic rings. The molecule has 0 radical (unpaired) electrons. The first-order valence-corrected chi connectivity index (χ1v) is 9.44. The second-order valence-electron chi connectivity index (χ2n) is 7.21. The Kier molecular flexibility index (Phi) is 5.40. The van der Waals surface area contributed by atoms with E-state index >= 15 is 0 Å². The summed E-state index contributed by atoms with van der Waals surface area (Å²) in [5.41, 5.74) is 0. The fourth-order valence-corrected chi connectivity index (χ4v) is 3.67. The van der Waals surface area contributed by atoms with Gasteiger partial charge in [-0.05, 0) is 45.6 Å². The van der Waals surface area contributed by atoms with E-state index in [-0.39, 0.29) is 6.10 Å². The molecule has 140 valence electrons. The lowest BCUT2D eigenvalue weighted by Gasteiger charge is -2.34. The van der Waals surface area contributed by atoms with Crippen LogP contribution in [0, 0.1) is 0 Å². The Morgan fingerprint density at radius 3 is 2.31 bits per heavy atom. The summed E-state index contributed by atoms with van der Waals surface area (Å²) in [6.07, 6.45) is 13.8. The van der Waals surface area contributed by atoms with Crippen LogP contribution in [0.4, 0.5) is 0 Å². The summed E-state index contributed by atoms with van der Waals surface area (Å²) in [4.78, 5) is 14.9. The monoisotopic (exact) mass is 358 g/mol. The Balaban J connectivity index is 1.22. The van der Waals surface area contributed by atoms with Crippen LogP contribution in [0.15, 0.2) is 25.0 Å². The van der Waals surface area contributed by atoms with Gasteiger partial charge in [-0.1, -0.05) is 0 Å². The van der Waals surface area contributed by atoms with Crippen molar-refractivity contribution in [2.75, 3.05) is 20.1 Å². The highest BCUT2D eigenvalue weighted by Gasteiger charge is 2.27. The molecule has 1 saturated carbocycles. The Bertz CT molecular complexity index is 661. The molecule has 0 spiro atoms. The van der Waals surface area contributed by atoms with E-state index in [4.69, 9.17) is 9.47 Å². The van der Waals surface area contributed by atoms with Crippen molar-refractivity contribution in [3.8, 4) is 11.7 Å². The van der Waals surface area contributed by atoms with E-state index in [1.165, 1.54) is 6.33 Å². The molecule has 2 aromatic heterocycles. The van der Waals surface area contributed by atoms with E-state index in [1.807, 2.05) is 0 Å². The van der Waals surface area contributed by atoms with Gasteiger partial charge in [0.15, 0.2) is 5.82 Å². The molecule has 0 amide bonds. The number of hydrogen-bond acceptors (Lipinski definition) is 7. The molecule has 26 heavy (non-hydrogen) atoms. The van der Waals surface area contributed by atoms with E-state index in [0.29, 0.717) is 23.9 Å². The van der Waals surface area contributed by atoms with Crippen molar-refractivity contribution in [1.29, 1.82) is 0 Å². The van der Waals surface area contributed by atoms with Gasteiger partial charge < -0.3 is 14.4 Å². The normalized spacial score (nSPS) is 25.3. The topological polar surface area (TPSA) is 78.2 Å². The van der Waals surface area contributed by atoms with Crippen molar-refractivity contribution < 1.29 is 9.47 Å². The number of piperidine rings is 1. The lowest BCUT2D eigenvalue weighted by molar-refractivity contribution is -0.0646. The van der Waals surface area contributed by atoms with Crippen LogP contribution < -0.4 is 4.74 Å². The van der Waals surface area contributed by atoms with Crippen molar-refractivity contribution in [1.82, 2.24) is 29.6 Å². The van der Waals surface area contributed by atoms with E-state index in [2.05, 4.69) is 32.0 Å². The summed E-state index contributed by atoms with van der Waals surface area (Å²) in [6.45, 7) is 2.29. The number of nitrogens with zero attached hydrogens (tertiary/aromatic N) is 6. The van der Waals surface area contributed by atoms with Crippen molar-refractivity contribution in [2.24, 2.45) is 0 Å². The third kappa shape index (κ3) is 4.37. The predicted octanol–water partition coefficient (Wildman–Crippen LogP) is 1.86. The summed E-state index contributed by atoms with van der Waals surface area (Å²) in [6, 6.07) is 0. The molecule has 1 aliphatic heterocycles. The minimum absolute atomic E-state index is 0.193. The van der Waals surface area contributed by atoms with E-state index in [1.54, 1.807) is 23.4 Å². The van der Waals surface area contributed by atoms with Gasteiger partial charge in [-0.2, -0.15) is 5.10 Å². The largest absolute Gasteiger partial charge is 0.473 e. The zero-order valence-corrected chi connectivity index (χ0v) is 15.2. The zero-order chi connectivity index (χ0) is 17.8. The van der Waals surface area contributed by atoms with Gasteiger partial charge in [-0.25, -0.2) is 19.6 Å². The van der Waals surface area contributed by atoms with Crippen LogP contribution in [0.3, 0.4) is 0 Å². The summed E-state index contributed by atoms with van der Waals surface area (Å²) >= 11 is 0. The van der Waals surface area contributed by atoms with Gasteiger partial charge in [0.1, 0.15) is 18.8 Å². The Morgan fingerprint density at radius 2 is 1.65 bits per heavy atom. The van der Waals surface area contributed by atoms with Crippen molar-refractivity contribution in [2.45, 2.75) is 56.8 Å². The molecule has 3 heterocycles. The van der Waals surface area contributed by atoms with Gasteiger partial charge >= 0.3 is 0 Å². The van der Waals surface area contributed by atoms with E-state index in [9.17, 15) is 0 Å². The molecule has 0 bridgehead atoms. The van der Waals surface area contributed by atoms with Gasteiger partial charge in [-0.15, -0.1) is 0 Å². The minimum Gasteiger partial charge on any atom is -0.473 e. The lowest BCUT2D eigenvalue weighted by atomic mass is 9.94. The molecular weight excluding hydrogens is 332 g/mol. The summed E-state index contributed by atoms with van der Waals surface area (Å²) < 4.78 is 13.9. The second-order valence-corrected chi connectivity index (χ2v) is 7.21. The van der Waals surface area contributed by atoms with Crippen LogP contribution in [0.2, 0.25) is 0 Å². The zero-order valence-electron chi connectivity index (χ0n) is 15.2. The molecule has 2 fully saturated rings. The van der Waals surface area contributed by atoms with Crippen LogP contribution in [0.1, 0.15) is 38.5 Å². The predicted molar refractivity (Wildman–Crippen MR) is 95.2 cm³/mol. The molecule has 8 heteroatoms. The fourth-order valence-electron chi connectivity index (χ4n) is 3.67. The number of aromatic nitrogens is 5. The molecule has 1 aliphatic carbocycles. The van der Waals surface area contributed by atoms with Gasteiger partial charge in [0.05, 0.1) is 24.6 Å². The highest BCUT2D eigenvalue weighted by Crippen LogP contribution is 2.27. The van der Waals surface area contributed by atoms with Crippen LogP contribution in [-0.2, 0) is 4.74 Å². The lowest BCUT2D eigenvalue weighted by Crippen LogP contribution is -2.37. The van der Waals surface area contributed by atoms with Crippen LogP contribution in [-0.4, -0.2) is 68.1 Å². The average Bonchev–Trinajstić information content (AvgIpc) is 3.21. The average molecular weight is 358 g/mol. The quantitative estimate of drug-likeness (QED) is 0.807. The van der Waals surface area contributed by atoms with Gasteiger partial charge in [0.2, 0.25) is 5.88 Å². The smallest absolute Gasteiger partial charge is 0.232 e. The molecule has 0 unspecified atom stereocenters. The van der Waals surface area contributed by atoms with Crippen molar-refractivity contribution in [3.63, 3.8) is 0 Å². The maximum Gasteiger partial charge on any atom is 0.232 e. The summed E-state index contributed by atoms with van der Waals surface area (Å²) in [5.74, 6) is 1.19. The van der Waals surface area contributed by atoms with E-state index < -0.39 is 0 Å². The Hall–Kier alpha value is -2.06. The molecule has 0 aromatic carbocycles. The maximum atomic E-state index is 6.31. The summed E-state index contributed by atoms with van der Waals surface area (Å²) in [7, 11) is 2.18. The molecule has 8 nitrogen and oxygen atoms in total. The van der Waals surface area contributed by atoms with Crippen molar-refractivity contribution >= 4 is 0 Å². The summed E-state index contributed by atoms with van der Waals surface area (Å²) in [5, 5.41) is 4.04. The molecule has 4 rings (SSSR count). The number of rotatable bonds is 5. The number of ether oxygens (including phenoxy) is 2. The van der Waals surface area contributed by atoms with Crippen LogP contribution in [0.5, 0.6) is 5.88 Å². The van der Waals surface area contributed by atoms with Gasteiger partial charge in [0.25, 0.3) is 0 Å². The molecule has 1 saturated heterocycles. The fraction of sp³-hybridized carbons (Fsp3) is 0.667. The third-order valence-corrected chi connectivity index (χ3v) is 5.23. The highest BCUT2D eigenvalue weighted by atomic mass is 16.5. The first kappa shape index (κ1) is 17.4. The standard InChI is InChI=1S/C18H26N6O2/c1-23-8-6-16(7-9-23)25-14-2-4-15(5-3-14)26-18-11-20-17(10-21-18)24-13-19-12-22-24/h10-16H,2-9H2,1H3. The number of likely N-dealkylation sites (tertiary alicyclic amines) is 1. The first-order valence-electron chi connectivity index (χ1n) is 9.44. The SMILES string of the molecule is CN1CCC(OC2CCC(Oc3cnc(-n4cncn4)cn3)CC2)CC1. The maximum absolute atomic E-state index is 6.31. The van der Waals surface area contributed by atoms with Crippen LogP contribution >= 0.6 is 0 Å². The highest BCUT2D eigenvalue weighted by molar-refractivity contribution is 5.18. The van der Waals surface area contributed by atoms with Gasteiger partial charge in [0, 0.05) is 13.1 Å².